The van der Waals surface area contributed by atoms with Gasteiger partial charge in [-0.15, -0.1) is 0 Å². The van der Waals surface area contributed by atoms with Crippen LogP contribution in [0.5, 0.6) is 11.5 Å². The third-order valence-corrected chi connectivity index (χ3v) is 16.6. The van der Waals surface area contributed by atoms with E-state index in [1.807, 2.05) is 0 Å². The van der Waals surface area contributed by atoms with Crippen molar-refractivity contribution in [3.8, 4) is 11.5 Å². The average Bonchev–Trinajstić information content (AvgIpc) is 2.96. The SMILES string of the molecule is CCCCCc1cc(OCOC)c([C@@H]2C=C(C[Si](C)(C)OC(C)C)CC[C@H]2C(C)(C)O[Si](CC)(CC)CC)c(OCOC)c1. The molecule has 0 saturated heterocycles. The molecule has 0 unspecified atom stereocenters. The number of hydrogen-bond acceptors (Lipinski definition) is 6. The molecule has 254 valence electrons. The highest BCUT2D eigenvalue weighted by atomic mass is 28.4. The van der Waals surface area contributed by atoms with E-state index < -0.39 is 16.6 Å². The van der Waals surface area contributed by atoms with Crippen LogP contribution in [0.15, 0.2) is 23.8 Å². The summed E-state index contributed by atoms with van der Waals surface area (Å²) in [6.07, 6.45) is 9.35. The van der Waals surface area contributed by atoms with E-state index in [9.17, 15) is 0 Å². The summed E-state index contributed by atoms with van der Waals surface area (Å²) in [6.45, 7) is 23.2. The third kappa shape index (κ3) is 11.3. The maximum Gasteiger partial charge on any atom is 0.192 e. The van der Waals surface area contributed by atoms with Gasteiger partial charge >= 0.3 is 0 Å². The van der Waals surface area contributed by atoms with Crippen molar-refractivity contribution < 1.29 is 27.8 Å². The van der Waals surface area contributed by atoms with Gasteiger partial charge in [0, 0.05) is 31.8 Å². The molecule has 44 heavy (non-hydrogen) atoms. The number of aryl methyl sites for hydroxylation is 1. The third-order valence-electron chi connectivity index (χ3n) is 9.37. The summed E-state index contributed by atoms with van der Waals surface area (Å²) in [4.78, 5) is 0. The summed E-state index contributed by atoms with van der Waals surface area (Å²) in [6, 6.07) is 8.85. The van der Waals surface area contributed by atoms with E-state index in [1.54, 1.807) is 14.2 Å². The topological polar surface area (TPSA) is 55.4 Å². The molecule has 0 N–H and O–H groups in total. The van der Waals surface area contributed by atoms with Crippen molar-refractivity contribution in [2.75, 3.05) is 27.8 Å². The monoisotopic (exact) mass is 650 g/mol. The molecule has 2 rings (SSSR count). The Balaban J connectivity index is 2.78. The van der Waals surface area contributed by atoms with E-state index in [-0.39, 0.29) is 37.1 Å². The van der Waals surface area contributed by atoms with Crippen molar-refractivity contribution >= 4 is 16.6 Å². The van der Waals surface area contributed by atoms with Gasteiger partial charge in [-0.25, -0.2) is 0 Å². The second-order valence-corrected chi connectivity index (χ2v) is 22.9. The number of methoxy groups -OCH3 is 2. The molecule has 1 aliphatic rings. The summed E-state index contributed by atoms with van der Waals surface area (Å²) in [5, 5.41) is 0. The number of ether oxygens (including phenoxy) is 4. The van der Waals surface area contributed by atoms with Gasteiger partial charge in [-0.1, -0.05) is 52.2 Å². The Morgan fingerprint density at radius 1 is 0.886 bits per heavy atom. The van der Waals surface area contributed by atoms with Crippen molar-refractivity contribution in [2.45, 2.75) is 149 Å². The standard InChI is InChI=1S/C36H66O6Si2/c1-13-17-18-19-29-23-33(39-26-37-9)35(34(24-29)40-27-38-10)31-22-30(25-43(11,12)41-28(5)6)20-21-32(31)36(7,8)42-44(14-2,15-3)16-4/h22-24,28,31-32H,13-21,25-27H2,1-12H3/t31-,32-/m1/s1. The zero-order valence-electron chi connectivity index (χ0n) is 30.4. The Morgan fingerprint density at radius 3 is 1.93 bits per heavy atom. The normalized spacial score (nSPS) is 18.1. The Bertz CT molecular complexity index is 981. The van der Waals surface area contributed by atoms with Crippen molar-refractivity contribution in [3.05, 3.63) is 34.9 Å². The van der Waals surface area contributed by atoms with E-state index in [0.29, 0.717) is 0 Å². The molecular formula is C36H66O6Si2. The minimum atomic E-state index is -1.90. The molecule has 2 atom stereocenters. The summed E-state index contributed by atoms with van der Waals surface area (Å²) >= 11 is 0. The van der Waals surface area contributed by atoms with Crippen LogP contribution in [-0.4, -0.2) is 56.1 Å². The smallest absolute Gasteiger partial charge is 0.192 e. The quantitative estimate of drug-likeness (QED) is 0.0571. The first kappa shape index (κ1) is 39.0. The Labute approximate surface area is 272 Å². The molecule has 0 radical (unpaired) electrons. The van der Waals surface area contributed by atoms with E-state index in [4.69, 9.17) is 27.8 Å². The number of hydrogen-bond donors (Lipinski definition) is 0. The lowest BCUT2D eigenvalue weighted by atomic mass is 9.69. The average molecular weight is 651 g/mol. The van der Waals surface area contributed by atoms with Crippen LogP contribution >= 0.6 is 0 Å². The fourth-order valence-electron chi connectivity index (χ4n) is 7.20. The first-order chi connectivity index (χ1) is 20.8. The lowest BCUT2D eigenvalue weighted by molar-refractivity contribution is 0.0150. The van der Waals surface area contributed by atoms with Crippen LogP contribution in [0.3, 0.4) is 0 Å². The number of allylic oxidation sites excluding steroid dienone is 2. The van der Waals surface area contributed by atoms with Crippen LogP contribution in [-0.2, 0) is 24.7 Å². The minimum Gasteiger partial charge on any atom is -0.467 e. The highest BCUT2D eigenvalue weighted by Gasteiger charge is 2.45. The highest BCUT2D eigenvalue weighted by molar-refractivity contribution is 6.73. The number of benzene rings is 1. The lowest BCUT2D eigenvalue weighted by Gasteiger charge is -2.47. The Kier molecular flexibility index (Phi) is 16.2. The fourth-order valence-corrected chi connectivity index (χ4v) is 13.2. The maximum absolute atomic E-state index is 7.35. The molecule has 0 heterocycles. The van der Waals surface area contributed by atoms with Crippen molar-refractivity contribution in [1.29, 1.82) is 0 Å². The number of unbranched alkanes of at least 4 members (excludes halogenated alkanes) is 2. The predicted molar refractivity (Wildman–Crippen MR) is 189 cm³/mol. The van der Waals surface area contributed by atoms with Gasteiger partial charge in [-0.2, -0.15) is 0 Å². The van der Waals surface area contributed by atoms with E-state index in [2.05, 4.69) is 86.7 Å². The van der Waals surface area contributed by atoms with Crippen LogP contribution in [0.4, 0.5) is 0 Å². The molecule has 8 heteroatoms. The van der Waals surface area contributed by atoms with Crippen molar-refractivity contribution in [2.24, 2.45) is 5.92 Å². The fraction of sp³-hybridized carbons (Fsp3) is 0.778. The van der Waals surface area contributed by atoms with Crippen LogP contribution in [0.25, 0.3) is 0 Å². The Morgan fingerprint density at radius 2 is 1.45 bits per heavy atom. The second kappa shape index (κ2) is 18.2. The van der Waals surface area contributed by atoms with Crippen LogP contribution in [0, 0.1) is 5.92 Å². The van der Waals surface area contributed by atoms with Crippen LogP contribution in [0.2, 0.25) is 37.3 Å². The second-order valence-electron chi connectivity index (χ2n) is 14.1. The maximum atomic E-state index is 7.35. The molecule has 1 aliphatic carbocycles. The number of rotatable bonds is 21. The van der Waals surface area contributed by atoms with Gasteiger partial charge in [0.2, 0.25) is 0 Å². The van der Waals surface area contributed by atoms with Gasteiger partial charge in [-0.3, -0.25) is 0 Å². The summed E-state index contributed by atoms with van der Waals surface area (Å²) in [7, 11) is -0.418. The van der Waals surface area contributed by atoms with Gasteiger partial charge in [-0.05, 0) is 114 Å². The molecule has 0 aromatic heterocycles. The summed E-state index contributed by atoms with van der Waals surface area (Å²) in [5.74, 6) is 1.99. The molecule has 6 nitrogen and oxygen atoms in total. The van der Waals surface area contributed by atoms with Gasteiger partial charge in [0.05, 0.1) is 5.60 Å². The first-order valence-corrected chi connectivity index (χ1v) is 22.9. The van der Waals surface area contributed by atoms with E-state index >= 15 is 0 Å². The molecular weight excluding hydrogens is 585 g/mol. The largest absolute Gasteiger partial charge is 0.467 e. The van der Waals surface area contributed by atoms with Crippen molar-refractivity contribution in [1.82, 2.24) is 0 Å². The van der Waals surface area contributed by atoms with E-state index in [1.165, 1.54) is 24.0 Å². The van der Waals surface area contributed by atoms with E-state index in [0.717, 1.165) is 66.9 Å². The van der Waals surface area contributed by atoms with Crippen LogP contribution in [0.1, 0.15) is 105 Å². The first-order valence-electron chi connectivity index (χ1n) is 17.3. The molecule has 0 spiro atoms. The van der Waals surface area contributed by atoms with Crippen molar-refractivity contribution in [3.63, 3.8) is 0 Å². The molecule has 1 aromatic carbocycles. The molecule has 0 saturated carbocycles. The predicted octanol–water partition coefficient (Wildman–Crippen LogP) is 10.2. The molecule has 0 bridgehead atoms. The Hall–Kier alpha value is -1.17. The van der Waals surface area contributed by atoms with Gasteiger partial charge in [0.15, 0.2) is 30.2 Å². The molecule has 0 fully saturated rings. The minimum absolute atomic E-state index is 0.0540. The van der Waals surface area contributed by atoms with Gasteiger partial charge < -0.3 is 27.8 Å². The summed E-state index contributed by atoms with van der Waals surface area (Å²) < 4.78 is 37.5. The molecule has 0 amide bonds. The van der Waals surface area contributed by atoms with Crippen LogP contribution < -0.4 is 9.47 Å². The lowest BCUT2D eigenvalue weighted by Crippen LogP contribution is -2.49. The highest BCUT2D eigenvalue weighted by Crippen LogP contribution is 2.51. The van der Waals surface area contributed by atoms with Gasteiger partial charge in [0.1, 0.15) is 11.5 Å². The molecule has 0 aliphatic heterocycles. The van der Waals surface area contributed by atoms with Gasteiger partial charge in [0.25, 0.3) is 0 Å². The zero-order valence-corrected chi connectivity index (χ0v) is 32.4. The zero-order chi connectivity index (χ0) is 33.0. The summed E-state index contributed by atoms with van der Waals surface area (Å²) in [5.41, 5.74) is 3.46. The molecule has 1 aromatic rings.